The lowest BCUT2D eigenvalue weighted by atomic mass is 9.75. The van der Waals surface area contributed by atoms with Crippen LogP contribution >= 0.6 is 0 Å². The Labute approximate surface area is 147 Å². The van der Waals surface area contributed by atoms with Crippen LogP contribution in [0.25, 0.3) is 0 Å². The van der Waals surface area contributed by atoms with Crippen LogP contribution < -0.4 is 10.6 Å². The molecule has 1 aliphatic rings. The van der Waals surface area contributed by atoms with E-state index in [9.17, 15) is 0 Å². The molecule has 0 aromatic carbocycles. The van der Waals surface area contributed by atoms with E-state index in [4.69, 9.17) is 0 Å². The lowest BCUT2D eigenvalue weighted by Gasteiger charge is -2.45. The number of rotatable bonds is 6. The van der Waals surface area contributed by atoms with E-state index in [-0.39, 0.29) is 5.54 Å². The first-order valence-electron chi connectivity index (χ1n) is 9.07. The summed E-state index contributed by atoms with van der Waals surface area (Å²) in [7, 11) is 6.25. The minimum Gasteiger partial charge on any atom is -0.356 e. The molecule has 1 aliphatic carbocycles. The average molecular weight is 332 g/mol. The van der Waals surface area contributed by atoms with Crippen molar-refractivity contribution in [3.8, 4) is 0 Å². The summed E-state index contributed by atoms with van der Waals surface area (Å²) in [6, 6.07) is 6.03. The van der Waals surface area contributed by atoms with Crippen molar-refractivity contribution in [3.05, 3.63) is 30.1 Å². The molecule has 0 bridgehead atoms. The Balaban J connectivity index is 1.83. The zero-order valence-electron chi connectivity index (χ0n) is 15.7. The number of pyridine rings is 1. The van der Waals surface area contributed by atoms with Gasteiger partial charge in [-0.2, -0.15) is 0 Å². The molecule has 1 fully saturated rings. The van der Waals surface area contributed by atoms with Crippen LogP contribution in [0.15, 0.2) is 29.4 Å². The summed E-state index contributed by atoms with van der Waals surface area (Å²) in [5, 5.41) is 6.95. The average Bonchev–Trinajstić information content (AvgIpc) is 2.58. The molecule has 2 N–H and O–H groups in total. The van der Waals surface area contributed by atoms with Crippen LogP contribution in [0, 0.1) is 5.92 Å². The molecule has 0 spiro atoms. The van der Waals surface area contributed by atoms with Gasteiger partial charge in [-0.25, -0.2) is 0 Å². The van der Waals surface area contributed by atoms with Gasteiger partial charge in [0, 0.05) is 44.0 Å². The number of likely N-dealkylation sites (N-methyl/N-ethyl adjacent to an activating group) is 1. The molecular formula is C19H33N5. The van der Waals surface area contributed by atoms with Gasteiger partial charge in [-0.15, -0.1) is 0 Å². The lowest BCUT2D eigenvalue weighted by Crippen LogP contribution is -2.56. The van der Waals surface area contributed by atoms with Crippen molar-refractivity contribution < 1.29 is 0 Å². The van der Waals surface area contributed by atoms with E-state index in [0.29, 0.717) is 0 Å². The summed E-state index contributed by atoms with van der Waals surface area (Å²) < 4.78 is 0. The Morgan fingerprint density at radius 2 is 2.21 bits per heavy atom. The van der Waals surface area contributed by atoms with Crippen LogP contribution in [0.5, 0.6) is 0 Å². The fourth-order valence-corrected chi connectivity index (χ4v) is 3.68. The number of nitrogens with zero attached hydrogens (tertiary/aromatic N) is 3. The highest BCUT2D eigenvalue weighted by molar-refractivity contribution is 5.79. The standard InChI is InChI=1S/C19H33N5/c1-16-8-7-11-19(14-16,24(3)4)15-23-18(20-2)22-13-10-17-9-5-6-12-21-17/h5-6,9,12,16H,7-8,10-11,13-15H2,1-4H3,(H2,20,22,23). The zero-order valence-corrected chi connectivity index (χ0v) is 15.7. The fraction of sp³-hybridized carbons (Fsp3) is 0.684. The molecule has 2 unspecified atom stereocenters. The minimum atomic E-state index is 0.232. The molecule has 1 aromatic heterocycles. The van der Waals surface area contributed by atoms with Crippen molar-refractivity contribution in [2.24, 2.45) is 10.9 Å². The maximum absolute atomic E-state index is 4.37. The Hall–Kier alpha value is -1.62. The van der Waals surface area contributed by atoms with Crippen LogP contribution in [0.3, 0.4) is 0 Å². The SMILES string of the molecule is CN=C(NCCc1ccccn1)NCC1(N(C)C)CCCC(C)C1. The van der Waals surface area contributed by atoms with Gasteiger partial charge in [-0.05, 0) is 45.0 Å². The van der Waals surface area contributed by atoms with Gasteiger partial charge >= 0.3 is 0 Å². The minimum absolute atomic E-state index is 0.232. The van der Waals surface area contributed by atoms with Crippen LogP contribution in [-0.2, 0) is 6.42 Å². The number of aliphatic imine (C=N–C) groups is 1. The van der Waals surface area contributed by atoms with E-state index in [1.807, 2.05) is 25.4 Å². The summed E-state index contributed by atoms with van der Waals surface area (Å²) in [5.74, 6) is 1.67. The van der Waals surface area contributed by atoms with Crippen molar-refractivity contribution in [2.45, 2.75) is 44.6 Å². The van der Waals surface area contributed by atoms with Gasteiger partial charge in [-0.1, -0.05) is 25.8 Å². The van der Waals surface area contributed by atoms with Crippen LogP contribution in [0.4, 0.5) is 0 Å². The Morgan fingerprint density at radius 1 is 1.38 bits per heavy atom. The molecule has 5 nitrogen and oxygen atoms in total. The predicted molar refractivity (Wildman–Crippen MR) is 101 cm³/mol. The molecule has 1 heterocycles. The molecule has 2 atom stereocenters. The second-order valence-corrected chi connectivity index (χ2v) is 7.24. The summed E-state index contributed by atoms with van der Waals surface area (Å²) in [6.45, 7) is 4.15. The molecule has 134 valence electrons. The molecular weight excluding hydrogens is 298 g/mol. The van der Waals surface area contributed by atoms with Crippen LogP contribution in [-0.4, -0.2) is 55.6 Å². The normalized spacial score (nSPS) is 24.9. The highest BCUT2D eigenvalue weighted by Crippen LogP contribution is 2.35. The number of aromatic nitrogens is 1. The van der Waals surface area contributed by atoms with Crippen molar-refractivity contribution in [3.63, 3.8) is 0 Å². The topological polar surface area (TPSA) is 52.6 Å². The van der Waals surface area contributed by atoms with Crippen molar-refractivity contribution in [1.29, 1.82) is 0 Å². The first-order chi connectivity index (χ1) is 11.6. The second-order valence-electron chi connectivity index (χ2n) is 7.24. The number of nitrogens with one attached hydrogen (secondary N) is 2. The van der Waals surface area contributed by atoms with Gasteiger partial charge in [0.15, 0.2) is 5.96 Å². The maximum atomic E-state index is 4.37. The molecule has 0 amide bonds. The third kappa shape index (κ3) is 5.20. The van der Waals surface area contributed by atoms with E-state index < -0.39 is 0 Å². The Kier molecular flexibility index (Phi) is 7.03. The smallest absolute Gasteiger partial charge is 0.191 e. The van der Waals surface area contributed by atoms with Crippen LogP contribution in [0.2, 0.25) is 0 Å². The van der Waals surface area contributed by atoms with Crippen molar-refractivity contribution in [2.75, 3.05) is 34.2 Å². The molecule has 0 radical (unpaired) electrons. The van der Waals surface area contributed by atoms with E-state index in [0.717, 1.165) is 37.1 Å². The second kappa shape index (κ2) is 9.02. The summed E-state index contributed by atoms with van der Waals surface area (Å²) in [6.07, 6.45) is 7.91. The van der Waals surface area contributed by atoms with E-state index >= 15 is 0 Å². The first kappa shape index (κ1) is 18.7. The molecule has 0 saturated heterocycles. The van der Waals surface area contributed by atoms with Gasteiger partial charge in [-0.3, -0.25) is 9.98 Å². The van der Waals surface area contributed by atoms with Gasteiger partial charge < -0.3 is 15.5 Å². The quantitative estimate of drug-likeness (QED) is 0.620. The molecule has 1 aromatic rings. The molecule has 1 saturated carbocycles. The van der Waals surface area contributed by atoms with Gasteiger partial charge in [0.2, 0.25) is 0 Å². The van der Waals surface area contributed by atoms with Gasteiger partial charge in [0.1, 0.15) is 0 Å². The number of guanidine groups is 1. The van der Waals surface area contributed by atoms with E-state index in [2.05, 4.69) is 52.6 Å². The predicted octanol–water partition coefficient (Wildman–Crippen LogP) is 2.30. The summed E-state index contributed by atoms with van der Waals surface area (Å²) >= 11 is 0. The van der Waals surface area contributed by atoms with Gasteiger partial charge in [0.25, 0.3) is 0 Å². The van der Waals surface area contributed by atoms with Crippen molar-refractivity contribution in [1.82, 2.24) is 20.5 Å². The van der Waals surface area contributed by atoms with E-state index in [1.54, 1.807) is 0 Å². The number of hydrogen-bond acceptors (Lipinski definition) is 3. The first-order valence-corrected chi connectivity index (χ1v) is 9.07. The lowest BCUT2D eigenvalue weighted by molar-refractivity contribution is 0.0796. The maximum Gasteiger partial charge on any atom is 0.191 e. The highest BCUT2D eigenvalue weighted by Gasteiger charge is 2.36. The highest BCUT2D eigenvalue weighted by atomic mass is 15.2. The fourth-order valence-electron chi connectivity index (χ4n) is 3.68. The number of hydrogen-bond donors (Lipinski definition) is 2. The summed E-state index contributed by atoms with van der Waals surface area (Å²) in [5.41, 5.74) is 1.34. The monoisotopic (exact) mass is 331 g/mol. The third-order valence-corrected chi connectivity index (χ3v) is 5.22. The van der Waals surface area contributed by atoms with Gasteiger partial charge in [0.05, 0.1) is 0 Å². The Bertz CT molecular complexity index is 514. The largest absolute Gasteiger partial charge is 0.356 e. The molecule has 24 heavy (non-hydrogen) atoms. The molecule has 5 heteroatoms. The van der Waals surface area contributed by atoms with E-state index in [1.165, 1.54) is 25.7 Å². The third-order valence-electron chi connectivity index (χ3n) is 5.22. The Morgan fingerprint density at radius 3 is 2.83 bits per heavy atom. The van der Waals surface area contributed by atoms with Crippen molar-refractivity contribution >= 4 is 5.96 Å². The molecule has 2 rings (SSSR count). The molecule has 0 aliphatic heterocycles. The van der Waals surface area contributed by atoms with Crippen LogP contribution in [0.1, 0.15) is 38.3 Å². The summed E-state index contributed by atoms with van der Waals surface area (Å²) in [4.78, 5) is 11.1. The zero-order chi connectivity index (χ0) is 17.4.